The van der Waals surface area contributed by atoms with Crippen LogP contribution in [0.4, 0.5) is 22.7 Å². The third-order valence-electron chi connectivity index (χ3n) is 7.36. The summed E-state index contributed by atoms with van der Waals surface area (Å²) >= 11 is 3.19. The summed E-state index contributed by atoms with van der Waals surface area (Å²) in [5.74, 6) is 0. The van der Waals surface area contributed by atoms with Gasteiger partial charge in [0.1, 0.15) is 0 Å². The Kier molecular flexibility index (Phi) is 16.7. The molecule has 7 nitrogen and oxygen atoms in total. The van der Waals surface area contributed by atoms with Crippen molar-refractivity contribution in [3.05, 3.63) is 118 Å². The second-order valence-electron chi connectivity index (χ2n) is 10.8. The van der Waals surface area contributed by atoms with Gasteiger partial charge in [-0.3, -0.25) is 9.59 Å². The maximum atomic E-state index is 10.7. The van der Waals surface area contributed by atoms with Gasteiger partial charge >= 0.3 is 0 Å². The van der Waals surface area contributed by atoms with Crippen molar-refractivity contribution in [3.8, 4) is 0 Å². The van der Waals surface area contributed by atoms with E-state index >= 15 is 0 Å². The molecule has 0 aliphatic rings. The summed E-state index contributed by atoms with van der Waals surface area (Å²) in [5, 5.41) is 29.2. The van der Waals surface area contributed by atoms with E-state index < -0.39 is 12.2 Å². The minimum absolute atomic E-state index is 0. The van der Waals surface area contributed by atoms with E-state index in [1.165, 1.54) is 11.1 Å². The van der Waals surface area contributed by atoms with Crippen LogP contribution in [0, 0.1) is 20.8 Å². The predicted octanol–water partition coefficient (Wildman–Crippen LogP) is 8.05. The normalized spacial score (nSPS) is 11.6. The van der Waals surface area contributed by atoms with E-state index in [0.717, 1.165) is 64.3 Å². The number of benzene rings is 4. The van der Waals surface area contributed by atoms with Gasteiger partial charge in [-0.2, -0.15) is 0 Å². The number of nitrogens with one attached hydrogen (secondary N) is 3. The average Bonchev–Trinajstić information content (AvgIpc) is 3.03. The van der Waals surface area contributed by atoms with Crippen LogP contribution in [0.15, 0.2) is 84.9 Å². The number of carbonyl (C=O) groups is 2. The number of alkyl halides is 1. The predicted molar refractivity (Wildman–Crippen MR) is 184 cm³/mol. The number of halogens is 1. The van der Waals surface area contributed by atoms with Crippen molar-refractivity contribution in [3.63, 3.8) is 0 Å². The molecule has 4 rings (SSSR count). The monoisotopic (exact) mass is 710 g/mol. The molecule has 0 saturated carbocycles. The molecular weight excluding hydrogens is 669 g/mol. The van der Waals surface area contributed by atoms with E-state index in [2.05, 4.69) is 87.3 Å². The largest absolute Gasteiger partial charge is 0.388 e. The van der Waals surface area contributed by atoms with E-state index in [-0.39, 0.29) is 18.6 Å². The number of aryl methyl sites for hydroxylation is 4. The number of rotatable bonds is 14. The van der Waals surface area contributed by atoms with E-state index in [1.54, 1.807) is 6.07 Å². The Labute approximate surface area is 286 Å². The van der Waals surface area contributed by atoms with Crippen molar-refractivity contribution < 1.29 is 38.4 Å². The van der Waals surface area contributed by atoms with Crippen molar-refractivity contribution in [2.24, 2.45) is 0 Å². The quantitative estimate of drug-likeness (QED) is 0.0517. The molecule has 0 bridgehead atoms. The number of aliphatic hydroxyl groups excluding tert-OH is 2. The van der Waals surface area contributed by atoms with Crippen LogP contribution in [0.3, 0.4) is 0 Å². The Bertz CT molecular complexity index is 1480. The van der Waals surface area contributed by atoms with Gasteiger partial charge in [-0.15, -0.1) is 0 Å². The van der Waals surface area contributed by atoms with Crippen LogP contribution in [0.5, 0.6) is 0 Å². The Hall–Kier alpha value is -3.40. The molecule has 5 N–H and O–H groups in total. The Morgan fingerprint density at radius 2 is 1.18 bits per heavy atom. The maximum absolute atomic E-state index is 10.7. The molecule has 0 aromatic heterocycles. The molecule has 2 atom stereocenters. The summed E-state index contributed by atoms with van der Waals surface area (Å²) in [6.45, 7) is 5.92. The first-order chi connectivity index (χ1) is 21.2. The Morgan fingerprint density at radius 1 is 0.689 bits per heavy atom. The first kappa shape index (κ1) is 37.8. The van der Waals surface area contributed by atoms with Crippen LogP contribution in [-0.4, -0.2) is 28.4 Å². The zero-order chi connectivity index (χ0) is 31.9. The second kappa shape index (κ2) is 19.9. The third-order valence-corrected chi connectivity index (χ3v) is 7.97. The van der Waals surface area contributed by atoms with Gasteiger partial charge in [0.05, 0.1) is 12.2 Å². The molecule has 9 heteroatoms. The minimum Gasteiger partial charge on any atom is -0.388 e. The van der Waals surface area contributed by atoms with Crippen LogP contribution in [0.1, 0.15) is 64.9 Å². The summed E-state index contributed by atoms with van der Waals surface area (Å²) in [6.07, 6.45) is 3.90. The molecule has 1 radical (unpaired) electrons. The summed E-state index contributed by atoms with van der Waals surface area (Å²) in [6, 6.07) is 28.1. The number of carbonyl (C=O) groups excluding carboxylic acids is 2. The fourth-order valence-electron chi connectivity index (χ4n) is 4.61. The van der Waals surface area contributed by atoms with Crippen molar-refractivity contribution in [1.29, 1.82) is 0 Å². The molecule has 0 aliphatic heterocycles. The first-order valence-corrected chi connectivity index (χ1v) is 15.8. The number of anilines is 4. The van der Waals surface area contributed by atoms with Gasteiger partial charge < -0.3 is 26.2 Å². The molecule has 0 aliphatic carbocycles. The van der Waals surface area contributed by atoms with Crippen LogP contribution < -0.4 is 16.0 Å². The summed E-state index contributed by atoms with van der Waals surface area (Å²) in [7, 11) is 0. The zero-order valence-corrected chi connectivity index (χ0v) is 28.9. The SMILES string of the molecule is Cc1ccc(Nc2ccc(CCCC[C@H](O)c3ccc(C)c(NC=O)c3)cc2)cc1.Cc1ccc([C@@H](O)CBr)cc1NC=O.[V]. The van der Waals surface area contributed by atoms with Gasteiger partial charge in [-0.05, 0) is 104 Å². The second-order valence-corrected chi connectivity index (χ2v) is 11.4. The number of aliphatic hydroxyl groups is 2. The van der Waals surface area contributed by atoms with E-state index in [0.29, 0.717) is 24.6 Å². The van der Waals surface area contributed by atoms with Crippen LogP contribution in [-0.2, 0) is 34.6 Å². The van der Waals surface area contributed by atoms with Gasteiger partial charge in [0.2, 0.25) is 12.8 Å². The summed E-state index contributed by atoms with van der Waals surface area (Å²) in [4.78, 5) is 21.0. The molecule has 0 unspecified atom stereocenters. The standard InChI is InChI=1S/C26H30N2O2.C10H12BrNO2.V/c1-19-7-13-23(14-8-19)28-24-15-10-21(11-16-24)5-3-4-6-26(30)22-12-9-20(2)25(17-22)27-18-29;1-7-2-3-8(10(14)5-11)4-9(7)12-6-13;/h7-18,26,28,30H,3-6H2,1-2H3,(H,27,29);2-4,6,10,14H,5H2,1H3,(H,12,13);/t26-;10-;/m00./s1. The number of amides is 2. The zero-order valence-electron chi connectivity index (χ0n) is 26.0. The van der Waals surface area contributed by atoms with Gasteiger partial charge in [0.15, 0.2) is 0 Å². The van der Waals surface area contributed by atoms with Gasteiger partial charge in [-0.25, -0.2) is 0 Å². The molecule has 4 aromatic carbocycles. The fraction of sp³-hybridized carbons (Fsp3) is 0.278. The number of unbranched alkanes of at least 4 members (excludes halogenated alkanes) is 1. The molecule has 2 amide bonds. The average molecular weight is 712 g/mol. The molecule has 4 aromatic rings. The Balaban J connectivity index is 0.000000396. The van der Waals surface area contributed by atoms with Crippen LogP contribution in [0.2, 0.25) is 0 Å². The molecule has 237 valence electrons. The van der Waals surface area contributed by atoms with Crippen LogP contribution in [0.25, 0.3) is 0 Å². The first-order valence-electron chi connectivity index (χ1n) is 14.7. The molecule has 0 fully saturated rings. The molecule has 45 heavy (non-hydrogen) atoms. The van der Waals surface area contributed by atoms with Crippen molar-refractivity contribution in [2.75, 3.05) is 21.3 Å². The maximum Gasteiger partial charge on any atom is 0.211 e. The number of hydrogen-bond donors (Lipinski definition) is 5. The molecule has 0 heterocycles. The smallest absolute Gasteiger partial charge is 0.211 e. The summed E-state index contributed by atoms with van der Waals surface area (Å²) < 4.78 is 0. The minimum atomic E-state index is -0.539. The van der Waals surface area contributed by atoms with Gasteiger partial charge in [-0.1, -0.05) is 76.4 Å². The molecular formula is C36H42BrN3O4V. The van der Waals surface area contributed by atoms with Crippen molar-refractivity contribution >= 4 is 51.5 Å². The van der Waals surface area contributed by atoms with Gasteiger partial charge in [0, 0.05) is 46.6 Å². The van der Waals surface area contributed by atoms with E-state index in [4.69, 9.17) is 0 Å². The third kappa shape index (κ3) is 12.5. The Morgan fingerprint density at radius 3 is 1.67 bits per heavy atom. The van der Waals surface area contributed by atoms with Gasteiger partial charge in [0.25, 0.3) is 0 Å². The van der Waals surface area contributed by atoms with E-state index in [1.807, 2.05) is 44.2 Å². The van der Waals surface area contributed by atoms with Crippen molar-refractivity contribution in [2.45, 2.75) is 58.7 Å². The van der Waals surface area contributed by atoms with Crippen LogP contribution >= 0.6 is 15.9 Å². The van der Waals surface area contributed by atoms with E-state index in [9.17, 15) is 19.8 Å². The summed E-state index contributed by atoms with van der Waals surface area (Å²) in [5.41, 5.74) is 9.79. The topological polar surface area (TPSA) is 111 Å². The molecule has 0 spiro atoms. The number of hydrogen-bond acceptors (Lipinski definition) is 5. The fourth-order valence-corrected chi connectivity index (χ4v) is 4.99. The molecule has 0 saturated heterocycles. The van der Waals surface area contributed by atoms with Crippen molar-refractivity contribution in [1.82, 2.24) is 0 Å².